The Labute approximate surface area is 194 Å². The molecule has 0 bridgehead atoms. The first-order valence-electron chi connectivity index (χ1n) is 11.3. The van der Waals surface area contributed by atoms with Gasteiger partial charge in [-0.1, -0.05) is 68.5 Å². The summed E-state index contributed by atoms with van der Waals surface area (Å²) in [6, 6.07) is 11.7. The minimum atomic E-state index is -0.426. The molecule has 4 rings (SSSR count). The summed E-state index contributed by atoms with van der Waals surface area (Å²) in [4.78, 5) is 23.0. The van der Waals surface area contributed by atoms with E-state index in [0.29, 0.717) is 11.4 Å². The zero-order chi connectivity index (χ0) is 22.9. The molecule has 1 aliphatic carbocycles. The van der Waals surface area contributed by atoms with Gasteiger partial charge in [-0.25, -0.2) is 14.8 Å². The minimum Gasteiger partial charge on any atom is -0.465 e. The van der Waals surface area contributed by atoms with Crippen molar-refractivity contribution in [2.45, 2.75) is 52.9 Å². The van der Waals surface area contributed by atoms with Crippen LogP contribution in [0.1, 0.15) is 67.4 Å². The Balaban J connectivity index is 0.00000141. The number of pyridine rings is 1. The predicted molar refractivity (Wildman–Crippen MR) is 134 cm³/mol. The van der Waals surface area contributed by atoms with Crippen LogP contribution in [-0.2, 0) is 11.2 Å². The number of hydrogen-bond acceptors (Lipinski definition) is 6. The van der Waals surface area contributed by atoms with Crippen LogP contribution in [0.15, 0.2) is 48.7 Å². The summed E-state index contributed by atoms with van der Waals surface area (Å²) in [5, 5.41) is 4.02. The molecule has 5 nitrogen and oxygen atoms in total. The lowest BCUT2D eigenvalue weighted by atomic mass is 9.97. The molecule has 32 heavy (non-hydrogen) atoms. The van der Waals surface area contributed by atoms with E-state index in [9.17, 15) is 4.79 Å². The molecule has 2 heterocycles. The van der Waals surface area contributed by atoms with Crippen LogP contribution in [0, 0.1) is 0 Å². The van der Waals surface area contributed by atoms with Gasteiger partial charge in [-0.15, -0.1) is 0 Å². The van der Waals surface area contributed by atoms with Crippen molar-refractivity contribution < 1.29 is 9.53 Å². The Morgan fingerprint density at radius 3 is 2.59 bits per heavy atom. The van der Waals surface area contributed by atoms with Gasteiger partial charge in [-0.05, 0) is 49.3 Å². The van der Waals surface area contributed by atoms with E-state index in [2.05, 4.69) is 23.3 Å². The molecule has 2 aromatic heterocycles. The minimum absolute atomic E-state index is 0.394. The molecule has 0 atom stereocenters. The van der Waals surface area contributed by atoms with E-state index in [1.807, 2.05) is 50.2 Å². The molecule has 6 heteroatoms. The topological polar surface area (TPSA) is 64.1 Å². The third kappa shape index (κ3) is 5.43. The van der Waals surface area contributed by atoms with E-state index >= 15 is 0 Å². The van der Waals surface area contributed by atoms with E-state index in [1.165, 1.54) is 30.4 Å². The number of rotatable bonds is 6. The number of hydrogen-bond donors (Lipinski definition) is 1. The molecule has 0 amide bonds. The molecule has 0 radical (unpaired) electrons. The maximum atomic E-state index is 12.5. The van der Waals surface area contributed by atoms with Crippen molar-refractivity contribution >= 4 is 33.8 Å². The van der Waals surface area contributed by atoms with E-state index in [0.717, 1.165) is 41.2 Å². The Bertz CT molecular complexity index is 1070. The molecule has 0 saturated heterocycles. The van der Waals surface area contributed by atoms with E-state index in [-0.39, 0.29) is 0 Å². The Morgan fingerprint density at radius 1 is 1.16 bits per heavy atom. The van der Waals surface area contributed by atoms with Gasteiger partial charge in [0, 0.05) is 11.8 Å². The Hall–Kier alpha value is -2.99. The second kappa shape index (κ2) is 11.6. The quantitative estimate of drug-likeness (QED) is 0.401. The number of nitrogens with zero attached hydrogens (tertiary/aromatic N) is 2. The smallest absolute Gasteiger partial charge is 0.341 e. The van der Waals surface area contributed by atoms with Crippen molar-refractivity contribution in [2.75, 3.05) is 12.4 Å². The van der Waals surface area contributed by atoms with Gasteiger partial charge >= 0.3 is 5.97 Å². The number of allylic oxidation sites excluding steroid dienone is 2. The molecule has 168 valence electrons. The second-order valence-corrected chi connectivity index (χ2v) is 8.23. The molecule has 0 aliphatic heterocycles. The van der Waals surface area contributed by atoms with Gasteiger partial charge in [-0.3, -0.25) is 0 Å². The van der Waals surface area contributed by atoms with E-state index < -0.39 is 5.97 Å². The number of carbonyl (C=O) groups excluding carboxylic acids is 1. The number of aromatic nitrogens is 2. The fourth-order valence-electron chi connectivity index (χ4n) is 3.66. The third-order valence-electron chi connectivity index (χ3n) is 5.24. The average Bonchev–Trinajstić information content (AvgIpc) is 3.29. The number of benzene rings is 1. The van der Waals surface area contributed by atoms with Crippen molar-refractivity contribution in [3.8, 4) is 11.1 Å². The second-order valence-electron chi connectivity index (χ2n) is 7.23. The number of esters is 1. The number of thiazole rings is 1. The number of nitrogens with one attached hydrogen (secondary N) is 1. The van der Waals surface area contributed by atoms with Crippen LogP contribution in [0.2, 0.25) is 0 Å². The predicted octanol–water partition coefficient (Wildman–Crippen LogP) is 7.28. The lowest BCUT2D eigenvalue weighted by molar-refractivity contribution is 0.0601. The number of carbonyl (C=O) groups is 1. The number of anilines is 2. The first kappa shape index (κ1) is 23.7. The molecule has 1 aromatic carbocycles. The summed E-state index contributed by atoms with van der Waals surface area (Å²) in [7, 11) is 1.38. The fraction of sp³-hybridized carbons (Fsp3) is 0.346. The highest BCUT2D eigenvalue weighted by Gasteiger charge is 2.19. The first-order valence-corrected chi connectivity index (χ1v) is 12.1. The summed E-state index contributed by atoms with van der Waals surface area (Å²) >= 11 is 1.63. The molecule has 0 saturated carbocycles. The van der Waals surface area contributed by atoms with E-state index in [4.69, 9.17) is 9.72 Å². The molecular weight excluding hydrogens is 418 g/mol. The van der Waals surface area contributed by atoms with Gasteiger partial charge in [0.05, 0.1) is 17.7 Å². The van der Waals surface area contributed by atoms with Crippen molar-refractivity contribution in [1.29, 1.82) is 0 Å². The van der Waals surface area contributed by atoms with Crippen molar-refractivity contribution in [2.24, 2.45) is 0 Å². The molecule has 1 N–H and O–H groups in total. The highest BCUT2D eigenvalue weighted by Crippen LogP contribution is 2.37. The van der Waals surface area contributed by atoms with Crippen LogP contribution in [0.5, 0.6) is 0 Å². The third-order valence-corrected chi connectivity index (χ3v) is 6.33. The highest BCUT2D eigenvalue weighted by molar-refractivity contribution is 7.16. The lowest BCUT2D eigenvalue weighted by Crippen LogP contribution is -2.07. The summed E-state index contributed by atoms with van der Waals surface area (Å²) in [6.07, 6.45) is 9.70. The molecule has 0 fully saturated rings. The van der Waals surface area contributed by atoms with Crippen molar-refractivity contribution in [1.82, 2.24) is 9.97 Å². The zero-order valence-corrected chi connectivity index (χ0v) is 20.1. The molecule has 1 aliphatic rings. The largest absolute Gasteiger partial charge is 0.465 e. The number of methoxy groups -OCH3 is 1. The van der Waals surface area contributed by atoms with Gasteiger partial charge in [-0.2, -0.15) is 0 Å². The normalized spacial score (nSPS) is 12.9. The molecule has 0 spiro atoms. The molecule has 3 aromatic rings. The maximum Gasteiger partial charge on any atom is 0.341 e. The molecular formula is C26H31N3O2S. The molecule has 0 unspecified atom stereocenters. The highest BCUT2D eigenvalue weighted by atomic mass is 32.1. The standard InChI is InChI=1S/C24H25N3O2S.C2H6/c1-3-20-21(17-12-8-5-9-13-17)30-24(26-20)27-22-19(23(28)29-2)14-18(15-25-22)16-10-6-4-7-11-16;1-2/h4,6-7,10-12,14-15H,3,5,8-9,13H2,1-2H3,(H,25,26,27);1-2H3. The van der Waals surface area contributed by atoms with Crippen molar-refractivity contribution in [3.63, 3.8) is 0 Å². The summed E-state index contributed by atoms with van der Waals surface area (Å²) in [5.41, 5.74) is 4.74. The number of ether oxygens (including phenoxy) is 1. The zero-order valence-electron chi connectivity index (χ0n) is 19.3. The monoisotopic (exact) mass is 449 g/mol. The fourth-order valence-corrected chi connectivity index (χ4v) is 4.78. The summed E-state index contributed by atoms with van der Waals surface area (Å²) in [6.45, 7) is 6.12. The van der Waals surface area contributed by atoms with Crippen LogP contribution in [0.25, 0.3) is 16.7 Å². The van der Waals surface area contributed by atoms with Crippen LogP contribution in [-0.4, -0.2) is 23.0 Å². The van der Waals surface area contributed by atoms with Gasteiger partial charge in [0.1, 0.15) is 11.4 Å². The Morgan fingerprint density at radius 2 is 1.94 bits per heavy atom. The maximum absolute atomic E-state index is 12.5. The van der Waals surface area contributed by atoms with Gasteiger partial charge in [0.15, 0.2) is 5.13 Å². The van der Waals surface area contributed by atoms with Crippen LogP contribution in [0.3, 0.4) is 0 Å². The van der Waals surface area contributed by atoms with Gasteiger partial charge in [0.2, 0.25) is 0 Å². The summed E-state index contributed by atoms with van der Waals surface area (Å²) in [5.74, 6) is 0.0346. The van der Waals surface area contributed by atoms with Crippen LogP contribution < -0.4 is 5.32 Å². The van der Waals surface area contributed by atoms with Crippen LogP contribution >= 0.6 is 11.3 Å². The summed E-state index contributed by atoms with van der Waals surface area (Å²) < 4.78 is 5.01. The average molecular weight is 450 g/mol. The van der Waals surface area contributed by atoms with Gasteiger partial charge < -0.3 is 10.1 Å². The van der Waals surface area contributed by atoms with E-state index in [1.54, 1.807) is 17.5 Å². The first-order chi connectivity index (χ1) is 15.7. The van der Waals surface area contributed by atoms with Crippen LogP contribution in [0.4, 0.5) is 10.9 Å². The number of aryl methyl sites for hydroxylation is 1. The van der Waals surface area contributed by atoms with Crippen molar-refractivity contribution in [3.05, 3.63) is 64.8 Å². The lowest BCUT2D eigenvalue weighted by Gasteiger charge is -2.11. The van der Waals surface area contributed by atoms with Gasteiger partial charge in [0.25, 0.3) is 0 Å². The Kier molecular flexibility index (Phi) is 8.56. The SMILES string of the molecule is CC.CCc1nc(Nc2ncc(-c3ccccc3)cc2C(=O)OC)sc1C1=CCCCC1.